The fourth-order valence-electron chi connectivity index (χ4n) is 10.8. The number of unbranched alkanes of at least 4 members (excludes halogenated alkanes) is 4. The Morgan fingerprint density at radius 3 is 1.15 bits per heavy atom. The summed E-state index contributed by atoms with van der Waals surface area (Å²) in [6.07, 6.45) is 20.9. The molecule has 9 rings (SSSR count). The molecule has 0 N–H and O–H groups in total. The summed E-state index contributed by atoms with van der Waals surface area (Å²) in [4.78, 5) is 39.3. The standard InChI is InChI=1S/C64H76Br2O4S8/c1-9-17-21-37(13-5)29-41-25-27-47(71-41)53-43-31-49(59-57-45(61(65)77-59)33-51(75-57)63(67)69-35-39(15-7)23-19-11-3)74-56(43)54(48-28-26-42(72-48)30-38(14-6)22-18-10-2)44-32-50(73-55(44)53)60-58-46(62(66)78-60)34-52(76-58)64(68)70-36-40(16-8)24-20-12-4/h25-28,31-34,37-40H,9-24,29-30,35-36H2,1-8H3. The molecule has 8 heterocycles. The number of benzene rings is 1. The Kier molecular flexibility index (Phi) is 21.9. The topological polar surface area (TPSA) is 52.6 Å². The average Bonchev–Trinajstić information content (AvgIpc) is 4.46. The molecule has 4 nitrogen and oxygen atoms in total. The van der Waals surface area contributed by atoms with Gasteiger partial charge in [0.1, 0.15) is 9.75 Å². The van der Waals surface area contributed by atoms with Crippen LogP contribution in [0.5, 0.6) is 0 Å². The molecule has 0 saturated carbocycles. The lowest BCUT2D eigenvalue weighted by Gasteiger charge is -2.14. The summed E-state index contributed by atoms with van der Waals surface area (Å²) in [5.41, 5.74) is 2.63. The molecule has 0 bridgehead atoms. The quantitative estimate of drug-likeness (QED) is 0.0421. The van der Waals surface area contributed by atoms with Crippen LogP contribution >= 0.6 is 123 Å². The molecular formula is C64H76Br2O4S8. The zero-order valence-electron chi connectivity index (χ0n) is 46.7. The van der Waals surface area contributed by atoms with Gasteiger partial charge in [-0.1, -0.05) is 145 Å². The van der Waals surface area contributed by atoms with Gasteiger partial charge in [0.05, 0.1) is 39.9 Å². The van der Waals surface area contributed by atoms with Crippen LogP contribution < -0.4 is 0 Å². The first-order valence-corrected chi connectivity index (χ1v) is 37.0. The molecule has 14 heteroatoms. The summed E-state index contributed by atoms with van der Waals surface area (Å²) in [5.74, 6) is 1.68. The Balaban J connectivity index is 1.21. The van der Waals surface area contributed by atoms with E-state index in [1.165, 1.54) is 122 Å². The Bertz CT molecular complexity index is 3160. The molecule has 0 radical (unpaired) electrons. The lowest BCUT2D eigenvalue weighted by atomic mass is 9.95. The molecule has 1 aromatic carbocycles. The van der Waals surface area contributed by atoms with E-state index in [9.17, 15) is 9.59 Å². The van der Waals surface area contributed by atoms with Crippen molar-refractivity contribution in [3.8, 4) is 40.4 Å². The molecule has 0 amide bonds. The predicted octanol–water partition coefficient (Wildman–Crippen LogP) is 25.2. The van der Waals surface area contributed by atoms with Gasteiger partial charge in [-0.2, -0.15) is 0 Å². The number of carbonyl (C=O) groups is 2. The number of fused-ring (bicyclic) bond motifs is 4. The fraction of sp³-hybridized carbons (Fsp3) is 0.500. The third kappa shape index (κ3) is 13.5. The number of ether oxygens (including phenoxy) is 2. The maximum absolute atomic E-state index is 13.8. The molecule has 4 atom stereocenters. The van der Waals surface area contributed by atoms with Crippen LogP contribution in [0.25, 0.3) is 80.7 Å². The van der Waals surface area contributed by atoms with Crippen LogP contribution in [-0.2, 0) is 22.3 Å². The summed E-state index contributed by atoms with van der Waals surface area (Å²) in [7, 11) is 0. The number of rotatable bonds is 30. The van der Waals surface area contributed by atoms with E-state index in [0.29, 0.717) is 46.6 Å². The number of hydrogen-bond donors (Lipinski definition) is 0. The SMILES string of the molecule is CCCCC(CC)COC(=O)c1cc2c(Br)sc(-c3cc4c(-c5ccc(CC(CC)CCCC)s5)c5sc(-c6sc(Br)c7cc(C(=O)OCC(CC)CCCC)sc67)cc5c(-c5ccc(CC(CC)CCCC)s5)c4s3)c2s1. The molecule has 78 heavy (non-hydrogen) atoms. The van der Waals surface area contributed by atoms with Gasteiger partial charge in [-0.05, 0) is 130 Å². The van der Waals surface area contributed by atoms with Crippen LogP contribution in [-0.4, -0.2) is 25.2 Å². The number of carbonyl (C=O) groups excluding carboxylic acids is 2. The molecular weight excluding hydrogens is 1250 g/mol. The van der Waals surface area contributed by atoms with Crippen molar-refractivity contribution in [3.05, 3.63) is 75.6 Å². The van der Waals surface area contributed by atoms with E-state index in [1.54, 1.807) is 45.3 Å². The molecule has 0 fully saturated rings. The van der Waals surface area contributed by atoms with Crippen LogP contribution in [0.15, 0.2) is 56.1 Å². The Morgan fingerprint density at radius 2 is 0.795 bits per heavy atom. The zero-order chi connectivity index (χ0) is 55.0. The molecule has 418 valence electrons. The lowest BCUT2D eigenvalue weighted by Crippen LogP contribution is -2.13. The van der Waals surface area contributed by atoms with Gasteiger partial charge in [0.25, 0.3) is 0 Å². The first kappa shape index (κ1) is 60.4. The second-order valence-electron chi connectivity index (χ2n) is 21.4. The summed E-state index contributed by atoms with van der Waals surface area (Å²) < 4.78 is 19.0. The minimum atomic E-state index is -0.218. The molecule has 0 aliphatic heterocycles. The number of esters is 2. The molecule has 0 aliphatic rings. The van der Waals surface area contributed by atoms with Crippen molar-refractivity contribution in [2.24, 2.45) is 23.7 Å². The van der Waals surface area contributed by atoms with Crippen molar-refractivity contribution in [2.45, 2.75) is 171 Å². The summed E-state index contributed by atoms with van der Waals surface area (Å²) in [6, 6.07) is 18.7. The van der Waals surface area contributed by atoms with Crippen molar-refractivity contribution in [1.82, 2.24) is 0 Å². The Labute approximate surface area is 512 Å². The van der Waals surface area contributed by atoms with Crippen LogP contribution in [0.1, 0.15) is 187 Å². The summed E-state index contributed by atoms with van der Waals surface area (Å²) >= 11 is 22.4. The normalized spacial score (nSPS) is 13.7. The molecule has 4 unspecified atom stereocenters. The van der Waals surface area contributed by atoms with Gasteiger partial charge in [0.2, 0.25) is 0 Å². The van der Waals surface area contributed by atoms with Gasteiger partial charge < -0.3 is 9.47 Å². The maximum atomic E-state index is 13.8. The van der Waals surface area contributed by atoms with E-state index in [1.807, 2.05) is 57.5 Å². The fourth-order valence-corrected chi connectivity index (χ4v) is 22.5. The van der Waals surface area contributed by atoms with Crippen molar-refractivity contribution >= 4 is 175 Å². The van der Waals surface area contributed by atoms with E-state index >= 15 is 0 Å². The third-order valence-electron chi connectivity index (χ3n) is 15.9. The van der Waals surface area contributed by atoms with E-state index < -0.39 is 0 Å². The van der Waals surface area contributed by atoms with Crippen LogP contribution in [0.3, 0.4) is 0 Å². The summed E-state index contributed by atoms with van der Waals surface area (Å²) in [5, 5.41) is 4.74. The number of hydrogen-bond acceptors (Lipinski definition) is 12. The zero-order valence-corrected chi connectivity index (χ0v) is 56.4. The minimum absolute atomic E-state index is 0.218. The Morgan fingerprint density at radius 1 is 0.423 bits per heavy atom. The van der Waals surface area contributed by atoms with Crippen LogP contribution in [0.4, 0.5) is 0 Å². The van der Waals surface area contributed by atoms with Crippen molar-refractivity contribution in [3.63, 3.8) is 0 Å². The van der Waals surface area contributed by atoms with E-state index in [4.69, 9.17) is 9.47 Å². The van der Waals surface area contributed by atoms with Crippen LogP contribution in [0.2, 0.25) is 0 Å². The second kappa shape index (κ2) is 28.4. The maximum Gasteiger partial charge on any atom is 0.348 e. The first-order valence-electron chi connectivity index (χ1n) is 28.9. The second-order valence-corrected chi connectivity index (χ2v) is 32.6. The van der Waals surface area contributed by atoms with Gasteiger partial charge in [0.15, 0.2) is 0 Å². The van der Waals surface area contributed by atoms with E-state index in [-0.39, 0.29) is 11.9 Å². The monoisotopic (exact) mass is 1320 g/mol. The predicted molar refractivity (Wildman–Crippen MR) is 358 cm³/mol. The van der Waals surface area contributed by atoms with Crippen LogP contribution in [0, 0.1) is 23.7 Å². The molecule has 8 aromatic heterocycles. The number of thiophene rings is 8. The van der Waals surface area contributed by atoms with Crippen molar-refractivity contribution in [1.29, 1.82) is 0 Å². The van der Waals surface area contributed by atoms with Gasteiger partial charge in [-0.15, -0.1) is 90.7 Å². The van der Waals surface area contributed by atoms with E-state index in [0.717, 1.165) is 92.0 Å². The minimum Gasteiger partial charge on any atom is -0.461 e. The van der Waals surface area contributed by atoms with Gasteiger partial charge in [-0.25, -0.2) is 9.59 Å². The molecule has 0 aliphatic carbocycles. The molecule has 9 aromatic rings. The van der Waals surface area contributed by atoms with Crippen molar-refractivity contribution < 1.29 is 19.1 Å². The summed E-state index contributed by atoms with van der Waals surface area (Å²) in [6.45, 7) is 19.1. The first-order chi connectivity index (χ1) is 37.9. The van der Waals surface area contributed by atoms with Gasteiger partial charge in [-0.3, -0.25) is 0 Å². The third-order valence-corrected chi connectivity index (χ3v) is 27.1. The number of halogens is 2. The van der Waals surface area contributed by atoms with E-state index in [2.05, 4.69) is 124 Å². The highest BCUT2D eigenvalue weighted by Crippen LogP contribution is 2.58. The highest BCUT2D eigenvalue weighted by atomic mass is 79.9. The van der Waals surface area contributed by atoms with Gasteiger partial charge >= 0.3 is 11.9 Å². The highest BCUT2D eigenvalue weighted by Gasteiger charge is 2.29. The average molecular weight is 1330 g/mol. The largest absolute Gasteiger partial charge is 0.461 e. The lowest BCUT2D eigenvalue weighted by molar-refractivity contribution is 0.0425. The molecule has 0 spiro atoms. The highest BCUT2D eigenvalue weighted by molar-refractivity contribution is 9.11. The van der Waals surface area contributed by atoms with Gasteiger partial charge in [0, 0.05) is 71.3 Å². The van der Waals surface area contributed by atoms with Crippen molar-refractivity contribution in [2.75, 3.05) is 13.2 Å². The Hall–Kier alpha value is -2.24. The molecule has 0 saturated heterocycles. The smallest absolute Gasteiger partial charge is 0.348 e.